The zero-order valence-electron chi connectivity index (χ0n) is 27.8. The van der Waals surface area contributed by atoms with Gasteiger partial charge in [-0.3, -0.25) is 0 Å². The largest absolute Gasteiger partial charge is 0.107 e. The maximum absolute atomic E-state index is 2.68. The molecular weight excluding hydrogens is 432 g/mol. The minimum atomic E-state index is 1.82. The van der Waals surface area contributed by atoms with E-state index in [0.29, 0.717) is 0 Å². The molecule has 0 saturated carbocycles. The second-order valence-electron chi connectivity index (χ2n) is 5.33. The standard InChI is InChI=1S/5C4H8.4C4H6/c9*1-3-4-2/h5*3-4H,1-2H3;4*1-2H3/b2*4-3+;3*4-3-;;;;. The molecule has 0 radical (unpaired) electrons. The van der Waals surface area contributed by atoms with Crippen LogP contribution in [0.4, 0.5) is 0 Å². The Morgan fingerprint density at radius 1 is 0.194 bits per heavy atom. The van der Waals surface area contributed by atoms with Crippen LogP contribution in [0.3, 0.4) is 0 Å². The van der Waals surface area contributed by atoms with E-state index in [0.717, 1.165) is 0 Å². The van der Waals surface area contributed by atoms with Crippen LogP contribution in [0.25, 0.3) is 0 Å². The lowest BCUT2D eigenvalue weighted by Gasteiger charge is -1.49. The first-order valence-corrected chi connectivity index (χ1v) is 12.4. The molecule has 0 aliphatic rings. The lowest BCUT2D eigenvalue weighted by molar-refractivity contribution is 1.64. The lowest BCUT2D eigenvalue weighted by Crippen LogP contribution is -1.28. The Morgan fingerprint density at radius 3 is 0.250 bits per heavy atom. The Morgan fingerprint density at radius 2 is 0.250 bits per heavy atom. The van der Waals surface area contributed by atoms with E-state index in [1.165, 1.54) is 0 Å². The average molecular weight is 497 g/mol. The molecule has 0 aromatic heterocycles. The van der Waals surface area contributed by atoms with Crippen molar-refractivity contribution in [1.82, 2.24) is 0 Å². The average Bonchev–Trinajstić information content (AvgIpc) is 2.97. The van der Waals surface area contributed by atoms with Gasteiger partial charge in [0.1, 0.15) is 0 Å². The highest BCUT2D eigenvalue weighted by Crippen LogP contribution is 1.58. The van der Waals surface area contributed by atoms with E-state index < -0.39 is 0 Å². The van der Waals surface area contributed by atoms with Gasteiger partial charge in [-0.2, -0.15) is 0 Å². The van der Waals surface area contributed by atoms with Gasteiger partial charge < -0.3 is 0 Å². The first-order chi connectivity index (χ1) is 17.2. The second kappa shape index (κ2) is 137. The molecule has 0 bridgehead atoms. The molecule has 36 heavy (non-hydrogen) atoms. The molecule has 0 saturated heterocycles. The molecule has 0 nitrogen and oxygen atoms in total. The van der Waals surface area contributed by atoms with Gasteiger partial charge in [0.15, 0.2) is 0 Å². The van der Waals surface area contributed by atoms with Crippen LogP contribution < -0.4 is 0 Å². The van der Waals surface area contributed by atoms with Gasteiger partial charge in [-0.1, -0.05) is 60.8 Å². The zero-order valence-corrected chi connectivity index (χ0v) is 27.8. The summed E-state index contributed by atoms with van der Waals surface area (Å²) in [6, 6.07) is 0. The van der Waals surface area contributed by atoms with Crippen LogP contribution in [-0.4, -0.2) is 0 Å². The quantitative estimate of drug-likeness (QED) is 0.231. The van der Waals surface area contributed by atoms with Gasteiger partial charge in [-0.15, -0.1) is 47.4 Å². The second-order valence-corrected chi connectivity index (χ2v) is 5.33. The Balaban J connectivity index is -0.0000000325. The van der Waals surface area contributed by atoms with Crippen molar-refractivity contribution in [3.8, 4) is 47.4 Å². The minimum absolute atomic E-state index is 1.82. The third-order valence-corrected chi connectivity index (χ3v) is 2.67. The van der Waals surface area contributed by atoms with Crippen molar-refractivity contribution in [3.05, 3.63) is 60.8 Å². The van der Waals surface area contributed by atoms with Gasteiger partial charge >= 0.3 is 0 Å². The molecule has 0 aliphatic carbocycles. The highest BCUT2D eigenvalue weighted by molar-refractivity contribution is 4.90. The molecule has 0 atom stereocenters. The van der Waals surface area contributed by atoms with E-state index in [2.05, 4.69) is 47.4 Å². The Kier molecular flexibility index (Phi) is 223. The summed E-state index contributed by atoms with van der Waals surface area (Å²) in [4.78, 5) is 0. The molecule has 0 aromatic carbocycles. The third kappa shape index (κ3) is 786. The van der Waals surface area contributed by atoms with E-state index in [9.17, 15) is 0 Å². The molecular formula is C36H64. The molecule has 0 amide bonds. The monoisotopic (exact) mass is 497 g/mol. The Bertz CT molecular complexity index is 472. The van der Waals surface area contributed by atoms with Crippen LogP contribution in [-0.2, 0) is 0 Å². The lowest BCUT2D eigenvalue weighted by atomic mass is 10.6. The molecule has 0 heterocycles. The highest BCUT2D eigenvalue weighted by Gasteiger charge is 1.36. The van der Waals surface area contributed by atoms with Crippen LogP contribution >= 0.6 is 0 Å². The summed E-state index contributed by atoms with van der Waals surface area (Å²) >= 11 is 0. The molecule has 0 spiro atoms. The molecule has 0 rings (SSSR count). The summed E-state index contributed by atoms with van der Waals surface area (Å²) in [6.07, 6.45) is 20.0. The van der Waals surface area contributed by atoms with Crippen molar-refractivity contribution >= 4 is 0 Å². The van der Waals surface area contributed by atoms with E-state index in [1.807, 2.05) is 185 Å². The van der Waals surface area contributed by atoms with Crippen LogP contribution in [0.1, 0.15) is 125 Å². The Hall–Kier alpha value is -3.06. The molecule has 0 fully saturated rings. The van der Waals surface area contributed by atoms with E-state index in [-0.39, 0.29) is 0 Å². The van der Waals surface area contributed by atoms with Gasteiger partial charge in [0.05, 0.1) is 0 Å². The normalized spacial score (nSPS) is 6.83. The summed E-state index contributed by atoms with van der Waals surface area (Å²) in [7, 11) is 0. The number of allylic oxidation sites excluding steroid dienone is 10. The smallest absolute Gasteiger partial charge is 0.00271 e. The molecule has 0 N–H and O–H groups in total. The van der Waals surface area contributed by atoms with Gasteiger partial charge in [0.2, 0.25) is 0 Å². The van der Waals surface area contributed by atoms with E-state index in [4.69, 9.17) is 0 Å². The molecule has 0 aromatic rings. The van der Waals surface area contributed by atoms with Crippen molar-refractivity contribution in [2.45, 2.75) is 125 Å². The summed E-state index contributed by atoms with van der Waals surface area (Å²) < 4.78 is 0. The van der Waals surface area contributed by atoms with Crippen molar-refractivity contribution in [2.75, 3.05) is 0 Å². The van der Waals surface area contributed by atoms with Crippen molar-refractivity contribution < 1.29 is 0 Å². The zero-order chi connectivity index (χ0) is 30.7. The summed E-state index contributed by atoms with van der Waals surface area (Å²) in [5.74, 6) is 21.4. The maximum atomic E-state index is 2.68. The van der Waals surface area contributed by atoms with E-state index in [1.54, 1.807) is 0 Å². The molecule has 208 valence electrons. The van der Waals surface area contributed by atoms with Gasteiger partial charge in [-0.25, -0.2) is 0 Å². The predicted molar refractivity (Wildman–Crippen MR) is 179 cm³/mol. The number of hydrogen-bond acceptors (Lipinski definition) is 0. The van der Waals surface area contributed by atoms with Gasteiger partial charge in [-0.05, 0) is 125 Å². The number of hydrogen-bond donors (Lipinski definition) is 0. The molecule has 0 aliphatic heterocycles. The fourth-order valence-corrected chi connectivity index (χ4v) is 0. The van der Waals surface area contributed by atoms with Crippen molar-refractivity contribution in [2.24, 2.45) is 0 Å². The van der Waals surface area contributed by atoms with Crippen LogP contribution in [0.5, 0.6) is 0 Å². The molecule has 0 unspecified atom stereocenters. The third-order valence-electron chi connectivity index (χ3n) is 2.67. The van der Waals surface area contributed by atoms with Crippen molar-refractivity contribution in [3.63, 3.8) is 0 Å². The number of rotatable bonds is 0. The van der Waals surface area contributed by atoms with Gasteiger partial charge in [0, 0.05) is 0 Å². The van der Waals surface area contributed by atoms with E-state index >= 15 is 0 Å². The first-order valence-electron chi connectivity index (χ1n) is 12.4. The maximum Gasteiger partial charge on any atom is -0.00271 e. The summed E-state index contributed by atoms with van der Waals surface area (Å²) in [6.45, 7) is 34.6. The SMILES string of the molecule is C/C=C/C.C/C=C/C.C/C=C\C.C/C=C\C.C/C=C\C.CC#CC.CC#CC.CC#CC.CC#CC. The highest BCUT2D eigenvalue weighted by atomic mass is 13.4. The summed E-state index contributed by atoms with van der Waals surface area (Å²) in [5, 5.41) is 0. The van der Waals surface area contributed by atoms with Crippen molar-refractivity contribution in [1.29, 1.82) is 0 Å². The van der Waals surface area contributed by atoms with Crippen LogP contribution in [0.2, 0.25) is 0 Å². The Labute approximate surface area is 232 Å². The van der Waals surface area contributed by atoms with Gasteiger partial charge in [0.25, 0.3) is 0 Å². The minimum Gasteiger partial charge on any atom is -0.107 e. The summed E-state index contributed by atoms with van der Waals surface area (Å²) in [5.41, 5.74) is 0. The predicted octanol–water partition coefficient (Wildman–Crippen LogP) is 12.0. The fourth-order valence-electron chi connectivity index (χ4n) is 0. The topological polar surface area (TPSA) is 0 Å². The van der Waals surface area contributed by atoms with Crippen LogP contribution in [0, 0.1) is 47.4 Å². The fraction of sp³-hybridized carbons (Fsp3) is 0.500. The van der Waals surface area contributed by atoms with Crippen LogP contribution in [0.15, 0.2) is 60.8 Å². The molecule has 0 heteroatoms. The first kappa shape index (κ1) is 58.6.